The minimum Gasteiger partial charge on any atom is -0.494 e. The summed E-state index contributed by atoms with van der Waals surface area (Å²) in [6.07, 6.45) is 0. The standard InChI is InChI=1S/C22H20FN3O2S/c1-26(11-14-8-9-18(28-2)17(23)10-14)12-19-24-21(27)20-16(13-29-22(20)25-19)15-6-4-3-5-7-15/h3-10,13H,11-12H2,1-2H3,(H,24,25,27)/p+1. The summed E-state index contributed by atoms with van der Waals surface area (Å²) in [5.74, 6) is 0.475. The van der Waals surface area contributed by atoms with Crippen LogP contribution in [0.15, 0.2) is 58.7 Å². The van der Waals surface area contributed by atoms with Gasteiger partial charge in [-0.25, -0.2) is 9.37 Å². The molecule has 0 radical (unpaired) electrons. The van der Waals surface area contributed by atoms with Crippen LogP contribution in [0.3, 0.4) is 0 Å². The first-order valence-electron chi connectivity index (χ1n) is 9.24. The van der Waals surface area contributed by atoms with Crippen molar-refractivity contribution < 1.29 is 14.0 Å². The number of aromatic nitrogens is 2. The molecule has 2 aromatic carbocycles. The second kappa shape index (κ2) is 8.14. The summed E-state index contributed by atoms with van der Waals surface area (Å²) in [4.78, 5) is 22.1. The molecule has 1 atom stereocenters. The normalized spacial score (nSPS) is 12.2. The second-order valence-corrected chi connectivity index (χ2v) is 7.85. The SMILES string of the molecule is COc1ccc(C[NH+](C)Cc2nc3scc(-c4ccccc4)c3c(=O)[nH]2)cc1F. The topological polar surface area (TPSA) is 59.4 Å². The number of nitrogens with one attached hydrogen (secondary N) is 2. The number of methoxy groups -OCH3 is 1. The van der Waals surface area contributed by atoms with E-state index in [1.54, 1.807) is 6.07 Å². The molecule has 0 amide bonds. The highest BCUT2D eigenvalue weighted by Crippen LogP contribution is 2.30. The van der Waals surface area contributed by atoms with Crippen LogP contribution in [0.25, 0.3) is 21.3 Å². The lowest BCUT2D eigenvalue weighted by atomic mass is 10.1. The van der Waals surface area contributed by atoms with E-state index in [1.807, 2.05) is 48.8 Å². The highest BCUT2D eigenvalue weighted by molar-refractivity contribution is 7.17. The van der Waals surface area contributed by atoms with E-state index in [1.165, 1.54) is 24.5 Å². The van der Waals surface area contributed by atoms with Gasteiger partial charge < -0.3 is 14.6 Å². The van der Waals surface area contributed by atoms with Gasteiger partial charge in [0.25, 0.3) is 5.56 Å². The summed E-state index contributed by atoms with van der Waals surface area (Å²) >= 11 is 1.47. The van der Waals surface area contributed by atoms with Crippen LogP contribution in [0.5, 0.6) is 5.75 Å². The number of nitrogens with zero attached hydrogens (tertiary/aromatic N) is 1. The Morgan fingerprint density at radius 3 is 2.69 bits per heavy atom. The summed E-state index contributed by atoms with van der Waals surface area (Å²) < 4.78 is 18.9. The fourth-order valence-corrected chi connectivity index (χ4v) is 4.39. The molecule has 0 fully saturated rings. The number of fused-ring (bicyclic) bond motifs is 1. The molecule has 0 bridgehead atoms. The third kappa shape index (κ3) is 4.06. The molecule has 7 heteroatoms. The molecule has 4 aromatic rings. The molecule has 4 rings (SSSR count). The molecule has 29 heavy (non-hydrogen) atoms. The molecular weight excluding hydrogens is 389 g/mol. The Hall–Kier alpha value is -3.03. The Morgan fingerprint density at radius 2 is 1.97 bits per heavy atom. The number of hydrogen-bond acceptors (Lipinski definition) is 4. The van der Waals surface area contributed by atoms with Gasteiger partial charge in [-0.3, -0.25) is 4.79 Å². The van der Waals surface area contributed by atoms with E-state index < -0.39 is 0 Å². The number of ether oxygens (including phenoxy) is 1. The predicted molar refractivity (Wildman–Crippen MR) is 113 cm³/mol. The van der Waals surface area contributed by atoms with Gasteiger partial charge in [-0.1, -0.05) is 30.3 Å². The summed E-state index contributed by atoms with van der Waals surface area (Å²) in [7, 11) is 3.43. The number of benzene rings is 2. The van der Waals surface area contributed by atoms with Gasteiger partial charge in [-0.15, -0.1) is 11.3 Å². The monoisotopic (exact) mass is 410 g/mol. The van der Waals surface area contributed by atoms with Crippen molar-refractivity contribution >= 4 is 21.6 Å². The summed E-state index contributed by atoms with van der Waals surface area (Å²) in [6, 6.07) is 14.8. The Balaban J connectivity index is 1.56. The molecule has 0 saturated heterocycles. The first kappa shape index (κ1) is 19.3. The Morgan fingerprint density at radius 1 is 1.17 bits per heavy atom. The fraction of sp³-hybridized carbons (Fsp3) is 0.182. The molecule has 2 N–H and O–H groups in total. The lowest BCUT2D eigenvalue weighted by molar-refractivity contribution is -0.908. The highest BCUT2D eigenvalue weighted by atomic mass is 32.1. The Bertz CT molecular complexity index is 1200. The molecule has 1 unspecified atom stereocenters. The first-order valence-corrected chi connectivity index (χ1v) is 10.1. The van der Waals surface area contributed by atoms with E-state index in [0.29, 0.717) is 24.3 Å². The number of H-pyrrole nitrogens is 1. The van der Waals surface area contributed by atoms with Crippen molar-refractivity contribution in [3.63, 3.8) is 0 Å². The van der Waals surface area contributed by atoms with E-state index in [2.05, 4.69) is 9.97 Å². The van der Waals surface area contributed by atoms with Crippen molar-refractivity contribution in [3.8, 4) is 16.9 Å². The zero-order valence-electron chi connectivity index (χ0n) is 16.2. The van der Waals surface area contributed by atoms with E-state index in [0.717, 1.165) is 26.4 Å². The number of rotatable bonds is 6. The largest absolute Gasteiger partial charge is 0.494 e. The highest BCUT2D eigenvalue weighted by Gasteiger charge is 2.15. The molecular formula is C22H21FN3O2S+. The summed E-state index contributed by atoms with van der Waals surface area (Å²) in [5.41, 5.74) is 2.63. The van der Waals surface area contributed by atoms with Crippen molar-refractivity contribution in [1.82, 2.24) is 9.97 Å². The number of hydrogen-bond donors (Lipinski definition) is 2. The van der Waals surface area contributed by atoms with E-state index in [9.17, 15) is 9.18 Å². The second-order valence-electron chi connectivity index (χ2n) is 6.99. The maximum atomic E-state index is 13.9. The molecule has 0 aliphatic rings. The smallest absolute Gasteiger partial charge is 0.260 e. The van der Waals surface area contributed by atoms with Gasteiger partial charge in [0.05, 0.1) is 19.5 Å². The number of aromatic amines is 1. The average Bonchev–Trinajstić information content (AvgIpc) is 3.13. The van der Waals surface area contributed by atoms with Crippen LogP contribution in [0.1, 0.15) is 11.4 Å². The predicted octanol–water partition coefficient (Wildman–Crippen LogP) is 3.01. The minimum absolute atomic E-state index is 0.131. The third-order valence-corrected chi connectivity index (χ3v) is 5.64. The van der Waals surface area contributed by atoms with Crippen molar-refractivity contribution in [1.29, 1.82) is 0 Å². The minimum atomic E-state index is -0.377. The van der Waals surface area contributed by atoms with Crippen LogP contribution < -0.4 is 15.2 Å². The van der Waals surface area contributed by atoms with Gasteiger partial charge in [0, 0.05) is 16.5 Å². The first-order chi connectivity index (χ1) is 14.0. The number of quaternary nitrogens is 1. The lowest BCUT2D eigenvalue weighted by Crippen LogP contribution is -3.06. The molecule has 5 nitrogen and oxygen atoms in total. The van der Waals surface area contributed by atoms with E-state index in [-0.39, 0.29) is 17.1 Å². The Labute approximate surface area is 171 Å². The number of halogens is 1. The Kier molecular flexibility index (Phi) is 5.42. The van der Waals surface area contributed by atoms with Crippen LogP contribution in [0.2, 0.25) is 0 Å². The summed E-state index contributed by atoms with van der Waals surface area (Å²) in [6.45, 7) is 1.12. The van der Waals surface area contributed by atoms with Crippen LogP contribution in [0.4, 0.5) is 4.39 Å². The lowest BCUT2D eigenvalue weighted by Gasteiger charge is -2.14. The molecule has 2 aromatic heterocycles. The maximum absolute atomic E-state index is 13.9. The van der Waals surface area contributed by atoms with Gasteiger partial charge in [0.1, 0.15) is 17.9 Å². The van der Waals surface area contributed by atoms with Gasteiger partial charge >= 0.3 is 0 Å². The zero-order valence-corrected chi connectivity index (χ0v) is 17.0. The van der Waals surface area contributed by atoms with Gasteiger partial charge in [0.15, 0.2) is 17.4 Å². The molecule has 0 aliphatic carbocycles. The van der Waals surface area contributed by atoms with E-state index >= 15 is 0 Å². The van der Waals surface area contributed by atoms with Gasteiger partial charge in [-0.05, 0) is 23.8 Å². The van der Waals surface area contributed by atoms with Crippen molar-refractivity contribution in [2.24, 2.45) is 0 Å². The summed E-state index contributed by atoms with van der Waals surface area (Å²) in [5, 5.41) is 2.60. The molecule has 148 valence electrons. The van der Waals surface area contributed by atoms with Crippen LogP contribution >= 0.6 is 11.3 Å². The maximum Gasteiger partial charge on any atom is 0.260 e. The molecule has 0 spiro atoms. The van der Waals surface area contributed by atoms with Crippen molar-refractivity contribution in [2.45, 2.75) is 13.1 Å². The van der Waals surface area contributed by atoms with Crippen molar-refractivity contribution in [2.75, 3.05) is 14.2 Å². The van der Waals surface area contributed by atoms with Crippen LogP contribution in [0, 0.1) is 5.82 Å². The van der Waals surface area contributed by atoms with Gasteiger partial charge in [-0.2, -0.15) is 0 Å². The number of thiophene rings is 1. The molecule has 0 saturated carbocycles. The van der Waals surface area contributed by atoms with Crippen LogP contribution in [-0.4, -0.2) is 24.1 Å². The average molecular weight is 410 g/mol. The van der Waals surface area contributed by atoms with E-state index in [4.69, 9.17) is 4.74 Å². The fourth-order valence-electron chi connectivity index (χ4n) is 3.42. The van der Waals surface area contributed by atoms with Crippen molar-refractivity contribution in [3.05, 3.63) is 81.5 Å². The van der Waals surface area contributed by atoms with Gasteiger partial charge in [0.2, 0.25) is 0 Å². The zero-order chi connectivity index (χ0) is 20.4. The molecule has 0 aliphatic heterocycles. The van der Waals surface area contributed by atoms with Crippen LogP contribution in [-0.2, 0) is 13.1 Å². The molecule has 2 heterocycles. The quantitative estimate of drug-likeness (QED) is 0.514. The third-order valence-electron chi connectivity index (χ3n) is 4.77.